The van der Waals surface area contributed by atoms with Crippen molar-refractivity contribution in [2.45, 2.75) is 45.1 Å². The largest absolute Gasteiger partial charge is 0.481 e. The molecule has 0 amide bonds. The normalized spacial score (nSPS) is 18.2. The maximum atomic E-state index is 11.1. The van der Waals surface area contributed by atoms with Crippen LogP contribution in [0.25, 0.3) is 0 Å². The number of rotatable bonds is 4. The molecule has 0 saturated heterocycles. The highest BCUT2D eigenvalue weighted by molar-refractivity contribution is 5.76. The zero-order valence-corrected chi connectivity index (χ0v) is 12.5. The Morgan fingerprint density at radius 1 is 1.55 bits per heavy atom. The van der Waals surface area contributed by atoms with Gasteiger partial charge in [0.25, 0.3) is 0 Å². The van der Waals surface area contributed by atoms with E-state index in [4.69, 9.17) is 5.11 Å². The van der Waals surface area contributed by atoms with Gasteiger partial charge < -0.3 is 10.0 Å². The summed E-state index contributed by atoms with van der Waals surface area (Å²) in [6.07, 6.45) is 3.99. The van der Waals surface area contributed by atoms with E-state index >= 15 is 0 Å². The van der Waals surface area contributed by atoms with Gasteiger partial charge in [0.15, 0.2) is 0 Å². The number of fused-ring (bicyclic) bond motifs is 1. The van der Waals surface area contributed by atoms with E-state index in [9.17, 15) is 4.79 Å². The van der Waals surface area contributed by atoms with E-state index in [1.165, 1.54) is 11.3 Å². The summed E-state index contributed by atoms with van der Waals surface area (Å²) in [6.45, 7) is 10.9. The Morgan fingerprint density at radius 3 is 2.85 bits per heavy atom. The first kappa shape index (κ1) is 14.6. The molecule has 1 unspecified atom stereocenters. The number of carbonyl (C=O) groups is 1. The zero-order chi connectivity index (χ0) is 14.9. The number of hydrogen-bond donors (Lipinski definition) is 1. The molecule has 1 aliphatic heterocycles. The molecule has 3 heteroatoms. The van der Waals surface area contributed by atoms with E-state index in [-0.39, 0.29) is 5.54 Å². The SMILES string of the molecule is C=CCN1c2ccc(C(C)C(=O)O)cc2CCC1(C)C. The standard InChI is InChI=1S/C17H23NO2/c1-5-10-18-15-7-6-13(12(2)16(19)20)11-14(15)8-9-17(18,3)4/h5-7,11-12H,1,8-10H2,2-4H3,(H,19,20). The molecule has 0 saturated carbocycles. The van der Waals surface area contributed by atoms with Crippen molar-refractivity contribution >= 4 is 11.7 Å². The molecule has 1 atom stereocenters. The third kappa shape index (κ3) is 2.58. The average Bonchev–Trinajstić information content (AvgIpc) is 2.40. The highest BCUT2D eigenvalue weighted by Crippen LogP contribution is 2.37. The minimum absolute atomic E-state index is 0.112. The number of nitrogens with zero attached hydrogens (tertiary/aromatic N) is 1. The van der Waals surface area contributed by atoms with Crippen molar-refractivity contribution in [3.8, 4) is 0 Å². The highest BCUT2D eigenvalue weighted by Gasteiger charge is 2.32. The van der Waals surface area contributed by atoms with Crippen molar-refractivity contribution in [2.24, 2.45) is 0 Å². The molecule has 20 heavy (non-hydrogen) atoms. The van der Waals surface area contributed by atoms with E-state index in [2.05, 4.69) is 37.5 Å². The van der Waals surface area contributed by atoms with Gasteiger partial charge in [-0.1, -0.05) is 18.2 Å². The van der Waals surface area contributed by atoms with E-state index in [1.54, 1.807) is 6.92 Å². The minimum Gasteiger partial charge on any atom is -0.481 e. The van der Waals surface area contributed by atoms with Gasteiger partial charge in [-0.2, -0.15) is 0 Å². The molecule has 108 valence electrons. The first-order valence-electron chi connectivity index (χ1n) is 7.11. The van der Waals surface area contributed by atoms with Crippen LogP contribution in [0.4, 0.5) is 5.69 Å². The average molecular weight is 273 g/mol. The monoisotopic (exact) mass is 273 g/mol. The summed E-state index contributed by atoms with van der Waals surface area (Å²) in [6, 6.07) is 6.06. The van der Waals surface area contributed by atoms with Gasteiger partial charge in [-0.25, -0.2) is 0 Å². The highest BCUT2D eigenvalue weighted by atomic mass is 16.4. The molecule has 1 aliphatic rings. The second-order valence-corrected chi connectivity index (χ2v) is 6.16. The van der Waals surface area contributed by atoms with Gasteiger partial charge in [0.2, 0.25) is 0 Å². The van der Waals surface area contributed by atoms with E-state index in [0.717, 1.165) is 24.9 Å². The topological polar surface area (TPSA) is 40.5 Å². The maximum absolute atomic E-state index is 11.1. The fraction of sp³-hybridized carbons (Fsp3) is 0.471. The van der Waals surface area contributed by atoms with E-state index < -0.39 is 11.9 Å². The molecular weight excluding hydrogens is 250 g/mol. The Kier molecular flexibility index (Phi) is 3.89. The number of anilines is 1. The van der Waals surface area contributed by atoms with Gasteiger partial charge >= 0.3 is 5.97 Å². The smallest absolute Gasteiger partial charge is 0.310 e. The maximum Gasteiger partial charge on any atom is 0.310 e. The Bertz CT molecular complexity index is 534. The lowest BCUT2D eigenvalue weighted by atomic mass is 9.85. The van der Waals surface area contributed by atoms with Crippen LogP contribution in [0, 0.1) is 0 Å². The van der Waals surface area contributed by atoms with Gasteiger partial charge in [-0.15, -0.1) is 6.58 Å². The van der Waals surface area contributed by atoms with Crippen LogP contribution in [0.3, 0.4) is 0 Å². The summed E-state index contributed by atoms with van der Waals surface area (Å²) in [4.78, 5) is 13.5. The fourth-order valence-electron chi connectivity index (χ4n) is 2.86. The van der Waals surface area contributed by atoms with Crippen LogP contribution in [-0.2, 0) is 11.2 Å². The number of aryl methyl sites for hydroxylation is 1. The number of carboxylic acids is 1. The lowest BCUT2D eigenvalue weighted by Crippen LogP contribution is -2.47. The van der Waals surface area contributed by atoms with Crippen LogP contribution in [-0.4, -0.2) is 23.2 Å². The van der Waals surface area contributed by atoms with Gasteiger partial charge in [0.05, 0.1) is 5.92 Å². The summed E-state index contributed by atoms with van der Waals surface area (Å²) in [7, 11) is 0. The van der Waals surface area contributed by atoms with Crippen LogP contribution < -0.4 is 4.90 Å². The molecule has 0 spiro atoms. The lowest BCUT2D eigenvalue weighted by molar-refractivity contribution is -0.138. The predicted octanol–water partition coefficient (Wildman–Crippen LogP) is 3.59. The lowest BCUT2D eigenvalue weighted by Gasteiger charge is -2.45. The quantitative estimate of drug-likeness (QED) is 0.852. The first-order valence-corrected chi connectivity index (χ1v) is 7.11. The molecule has 0 bridgehead atoms. The second kappa shape index (κ2) is 5.31. The Balaban J connectivity index is 2.41. The summed E-state index contributed by atoms with van der Waals surface area (Å²) < 4.78 is 0. The fourth-order valence-corrected chi connectivity index (χ4v) is 2.86. The molecule has 0 fully saturated rings. The van der Waals surface area contributed by atoms with Crippen molar-refractivity contribution in [1.82, 2.24) is 0 Å². The molecule has 2 rings (SSSR count). The number of aliphatic carboxylic acids is 1. The van der Waals surface area contributed by atoms with Crippen molar-refractivity contribution in [1.29, 1.82) is 0 Å². The van der Waals surface area contributed by atoms with Crippen molar-refractivity contribution in [3.63, 3.8) is 0 Å². The van der Waals surface area contributed by atoms with Crippen molar-refractivity contribution in [3.05, 3.63) is 42.0 Å². The molecule has 0 radical (unpaired) electrons. The van der Waals surface area contributed by atoms with Crippen LogP contribution in [0.5, 0.6) is 0 Å². The van der Waals surface area contributed by atoms with Crippen molar-refractivity contribution < 1.29 is 9.90 Å². The molecule has 0 aliphatic carbocycles. The number of hydrogen-bond acceptors (Lipinski definition) is 2. The van der Waals surface area contributed by atoms with E-state index in [0.29, 0.717) is 0 Å². The van der Waals surface area contributed by atoms with Crippen LogP contribution in [0.1, 0.15) is 44.2 Å². The van der Waals surface area contributed by atoms with Crippen molar-refractivity contribution in [2.75, 3.05) is 11.4 Å². The predicted molar refractivity (Wildman–Crippen MR) is 82.4 cm³/mol. The third-order valence-corrected chi connectivity index (χ3v) is 4.31. The molecular formula is C17H23NO2. The molecule has 1 aromatic rings. The summed E-state index contributed by atoms with van der Waals surface area (Å²) in [5.74, 6) is -1.23. The number of carboxylic acid groups (broad SMARTS) is 1. The van der Waals surface area contributed by atoms with Gasteiger partial charge in [-0.3, -0.25) is 4.79 Å². The zero-order valence-electron chi connectivity index (χ0n) is 12.5. The minimum atomic E-state index is -0.774. The van der Waals surface area contributed by atoms with Crippen LogP contribution >= 0.6 is 0 Å². The van der Waals surface area contributed by atoms with E-state index in [1.807, 2.05) is 12.1 Å². The molecule has 0 aromatic heterocycles. The Labute approximate surface area is 120 Å². The number of benzene rings is 1. The third-order valence-electron chi connectivity index (χ3n) is 4.31. The van der Waals surface area contributed by atoms with Crippen LogP contribution in [0.2, 0.25) is 0 Å². The first-order chi connectivity index (χ1) is 9.36. The summed E-state index contributed by atoms with van der Waals surface area (Å²) in [5.41, 5.74) is 3.45. The summed E-state index contributed by atoms with van der Waals surface area (Å²) in [5, 5.41) is 9.14. The summed E-state index contributed by atoms with van der Waals surface area (Å²) >= 11 is 0. The van der Waals surface area contributed by atoms with Gasteiger partial charge in [0, 0.05) is 17.8 Å². The molecule has 1 heterocycles. The molecule has 1 aromatic carbocycles. The molecule has 1 N–H and O–H groups in total. The Hall–Kier alpha value is -1.77. The Morgan fingerprint density at radius 2 is 2.25 bits per heavy atom. The van der Waals surface area contributed by atoms with Crippen LogP contribution in [0.15, 0.2) is 30.9 Å². The van der Waals surface area contributed by atoms with Gasteiger partial charge in [-0.05, 0) is 50.8 Å². The van der Waals surface area contributed by atoms with Gasteiger partial charge in [0.1, 0.15) is 0 Å². The second-order valence-electron chi connectivity index (χ2n) is 6.16. The molecule has 3 nitrogen and oxygen atoms in total.